The molecule has 0 saturated heterocycles. The molecule has 6 nitrogen and oxygen atoms in total. The highest BCUT2D eigenvalue weighted by Crippen LogP contribution is 2.22. The van der Waals surface area contributed by atoms with Gasteiger partial charge in [-0.2, -0.15) is 0 Å². The summed E-state index contributed by atoms with van der Waals surface area (Å²) in [4.78, 5) is 12.2. The van der Waals surface area contributed by atoms with Crippen molar-refractivity contribution in [3.8, 4) is 5.75 Å². The summed E-state index contributed by atoms with van der Waals surface area (Å²) in [5.74, 6) is 0.203. The number of sulfonamides is 1. The van der Waals surface area contributed by atoms with Crippen molar-refractivity contribution >= 4 is 15.9 Å². The van der Waals surface area contributed by atoms with E-state index < -0.39 is 10.0 Å². The number of amides is 1. The second kappa shape index (κ2) is 6.91. The number of hydrogen-bond donors (Lipinski definition) is 2. The molecule has 1 atom stereocenters. The lowest BCUT2D eigenvalue weighted by Gasteiger charge is -2.19. The van der Waals surface area contributed by atoms with E-state index in [2.05, 4.69) is 5.32 Å². The number of carbonyl (C=O) groups excluding carboxylic acids is 1. The molecule has 1 unspecified atom stereocenters. The van der Waals surface area contributed by atoms with Crippen LogP contribution in [0.2, 0.25) is 0 Å². The Morgan fingerprint density at radius 1 is 1.33 bits per heavy atom. The molecule has 7 heteroatoms. The van der Waals surface area contributed by atoms with E-state index in [1.54, 1.807) is 6.92 Å². The fourth-order valence-electron chi connectivity index (χ4n) is 1.60. The van der Waals surface area contributed by atoms with Gasteiger partial charge in [0, 0.05) is 6.04 Å². The van der Waals surface area contributed by atoms with Crippen molar-refractivity contribution in [2.75, 3.05) is 6.61 Å². The number of carbonyl (C=O) groups is 1. The summed E-state index contributed by atoms with van der Waals surface area (Å²) in [6, 6.07) is 3.95. The van der Waals surface area contributed by atoms with Crippen LogP contribution in [0, 0.1) is 5.92 Å². The smallest absolute Gasteiger partial charge is 0.255 e. The Bertz CT molecular complexity index is 611. The molecule has 0 fully saturated rings. The number of rotatable bonds is 6. The zero-order valence-corrected chi connectivity index (χ0v) is 13.5. The molecule has 1 rings (SSSR count). The molecular weight excluding hydrogens is 292 g/mol. The average Bonchev–Trinajstić information content (AvgIpc) is 2.37. The molecule has 1 aromatic carbocycles. The molecule has 3 N–H and O–H groups in total. The highest BCUT2D eigenvalue weighted by atomic mass is 32.2. The minimum absolute atomic E-state index is 0.0508. The lowest BCUT2D eigenvalue weighted by atomic mass is 10.1. The van der Waals surface area contributed by atoms with E-state index in [0.717, 1.165) is 0 Å². The molecule has 0 saturated carbocycles. The Labute approximate surface area is 125 Å². The number of ether oxygens (including phenoxy) is 1. The zero-order valence-electron chi connectivity index (χ0n) is 12.7. The van der Waals surface area contributed by atoms with Gasteiger partial charge in [0.25, 0.3) is 5.91 Å². The van der Waals surface area contributed by atoms with Crippen molar-refractivity contribution < 1.29 is 17.9 Å². The van der Waals surface area contributed by atoms with Crippen LogP contribution in [0.15, 0.2) is 23.1 Å². The van der Waals surface area contributed by atoms with Gasteiger partial charge in [0.15, 0.2) is 0 Å². The Morgan fingerprint density at radius 2 is 1.95 bits per heavy atom. The zero-order chi connectivity index (χ0) is 16.2. The molecule has 0 radical (unpaired) electrons. The van der Waals surface area contributed by atoms with Gasteiger partial charge in [0.05, 0.1) is 17.1 Å². The van der Waals surface area contributed by atoms with E-state index in [9.17, 15) is 13.2 Å². The molecule has 118 valence electrons. The molecule has 0 aromatic heterocycles. The van der Waals surface area contributed by atoms with Crippen LogP contribution in [0.1, 0.15) is 38.1 Å². The predicted molar refractivity (Wildman–Crippen MR) is 80.8 cm³/mol. The Morgan fingerprint density at radius 3 is 2.43 bits per heavy atom. The third kappa shape index (κ3) is 4.71. The molecule has 0 aliphatic carbocycles. The van der Waals surface area contributed by atoms with Crippen molar-refractivity contribution in [1.29, 1.82) is 0 Å². The van der Waals surface area contributed by atoms with E-state index in [1.165, 1.54) is 18.2 Å². The molecule has 1 amide bonds. The maximum Gasteiger partial charge on any atom is 0.255 e. The van der Waals surface area contributed by atoms with E-state index >= 15 is 0 Å². The van der Waals surface area contributed by atoms with Gasteiger partial charge in [-0.05, 0) is 38.0 Å². The number of nitrogens with two attached hydrogens (primary N) is 1. The normalized spacial score (nSPS) is 13.0. The van der Waals surface area contributed by atoms with Gasteiger partial charge in [-0.1, -0.05) is 13.8 Å². The molecule has 1 aromatic rings. The quantitative estimate of drug-likeness (QED) is 0.831. The SMILES string of the molecule is CCOc1ccc(S(N)(=O)=O)cc1C(=O)NC(C)C(C)C. The minimum atomic E-state index is -3.87. The number of primary sulfonamides is 1. The number of nitrogens with one attached hydrogen (secondary N) is 1. The standard InChI is InChI=1S/C14H22N2O4S/c1-5-20-13-7-6-11(21(15,18)19)8-12(13)14(17)16-10(4)9(2)3/h6-10H,5H2,1-4H3,(H,16,17)(H2,15,18,19). The van der Waals surface area contributed by atoms with Gasteiger partial charge >= 0.3 is 0 Å². The predicted octanol–water partition coefficient (Wildman–Crippen LogP) is 1.51. The van der Waals surface area contributed by atoms with E-state index in [4.69, 9.17) is 9.88 Å². The lowest BCUT2D eigenvalue weighted by molar-refractivity contribution is 0.0926. The summed E-state index contributed by atoms with van der Waals surface area (Å²) >= 11 is 0. The molecule has 0 heterocycles. The Hall–Kier alpha value is -1.60. The maximum atomic E-state index is 12.3. The number of benzene rings is 1. The molecular formula is C14H22N2O4S. The van der Waals surface area contributed by atoms with Crippen molar-refractivity contribution in [3.05, 3.63) is 23.8 Å². The van der Waals surface area contributed by atoms with Crippen molar-refractivity contribution in [3.63, 3.8) is 0 Å². The fourth-order valence-corrected chi connectivity index (χ4v) is 2.14. The molecule has 0 aliphatic heterocycles. The maximum absolute atomic E-state index is 12.3. The lowest BCUT2D eigenvalue weighted by Crippen LogP contribution is -2.36. The molecule has 0 aliphatic rings. The molecule has 0 bridgehead atoms. The van der Waals surface area contributed by atoms with Crippen molar-refractivity contribution in [2.24, 2.45) is 11.1 Å². The van der Waals surface area contributed by atoms with Crippen LogP contribution in [0.4, 0.5) is 0 Å². The Kier molecular flexibility index (Phi) is 5.74. The first kappa shape index (κ1) is 17.5. The van der Waals surface area contributed by atoms with E-state index in [1.807, 2.05) is 20.8 Å². The first-order chi connectivity index (χ1) is 9.66. The summed E-state index contributed by atoms with van der Waals surface area (Å²) in [6.07, 6.45) is 0. The topological polar surface area (TPSA) is 98.5 Å². The fraction of sp³-hybridized carbons (Fsp3) is 0.500. The van der Waals surface area contributed by atoms with Crippen LogP contribution in [0.3, 0.4) is 0 Å². The van der Waals surface area contributed by atoms with Gasteiger partial charge in [-0.15, -0.1) is 0 Å². The highest BCUT2D eigenvalue weighted by Gasteiger charge is 2.19. The molecule has 0 spiro atoms. The van der Waals surface area contributed by atoms with Gasteiger partial charge in [0.2, 0.25) is 10.0 Å². The monoisotopic (exact) mass is 314 g/mol. The summed E-state index contributed by atoms with van der Waals surface area (Å²) in [6.45, 7) is 8.00. The van der Waals surface area contributed by atoms with Crippen LogP contribution in [0.25, 0.3) is 0 Å². The Balaban J connectivity index is 3.20. The third-order valence-electron chi connectivity index (χ3n) is 3.18. The van der Waals surface area contributed by atoms with E-state index in [-0.39, 0.29) is 28.3 Å². The largest absolute Gasteiger partial charge is 0.493 e. The summed E-state index contributed by atoms with van der Waals surface area (Å²) in [7, 11) is -3.87. The van der Waals surface area contributed by atoms with Gasteiger partial charge in [0.1, 0.15) is 5.75 Å². The minimum Gasteiger partial charge on any atom is -0.493 e. The first-order valence-corrected chi connectivity index (χ1v) is 8.32. The average molecular weight is 314 g/mol. The summed E-state index contributed by atoms with van der Waals surface area (Å²) in [5.41, 5.74) is 0.163. The third-order valence-corrected chi connectivity index (χ3v) is 4.09. The van der Waals surface area contributed by atoms with Crippen LogP contribution in [0.5, 0.6) is 5.75 Å². The van der Waals surface area contributed by atoms with E-state index in [0.29, 0.717) is 12.4 Å². The summed E-state index contributed by atoms with van der Waals surface area (Å²) < 4.78 is 28.2. The second-order valence-corrected chi connectivity index (χ2v) is 6.70. The van der Waals surface area contributed by atoms with Crippen molar-refractivity contribution in [1.82, 2.24) is 5.32 Å². The van der Waals surface area contributed by atoms with Gasteiger partial charge in [-0.25, -0.2) is 13.6 Å². The summed E-state index contributed by atoms with van der Waals surface area (Å²) in [5, 5.41) is 7.92. The van der Waals surface area contributed by atoms with Gasteiger partial charge < -0.3 is 10.1 Å². The first-order valence-electron chi connectivity index (χ1n) is 6.77. The van der Waals surface area contributed by atoms with Crippen LogP contribution >= 0.6 is 0 Å². The van der Waals surface area contributed by atoms with Crippen LogP contribution < -0.4 is 15.2 Å². The molecule has 21 heavy (non-hydrogen) atoms. The second-order valence-electron chi connectivity index (χ2n) is 5.14. The number of hydrogen-bond acceptors (Lipinski definition) is 4. The van der Waals surface area contributed by atoms with Crippen LogP contribution in [-0.4, -0.2) is 27.0 Å². The highest BCUT2D eigenvalue weighted by molar-refractivity contribution is 7.89. The van der Waals surface area contributed by atoms with Crippen LogP contribution in [-0.2, 0) is 10.0 Å². The van der Waals surface area contributed by atoms with Gasteiger partial charge in [-0.3, -0.25) is 4.79 Å². The van der Waals surface area contributed by atoms with Crippen molar-refractivity contribution in [2.45, 2.75) is 38.6 Å².